The van der Waals surface area contributed by atoms with Crippen LogP contribution in [0.5, 0.6) is 0 Å². The van der Waals surface area contributed by atoms with E-state index in [1.165, 1.54) is 192 Å². The quantitative estimate of drug-likeness (QED) is 0.132. The van der Waals surface area contributed by atoms with Gasteiger partial charge in [-0.3, -0.25) is 0 Å². The molecule has 2 heteroatoms. The Bertz CT molecular complexity index is 4590. The van der Waals surface area contributed by atoms with E-state index < -0.39 is 5.41 Å². The number of nitrogens with zero attached hydrogens (tertiary/aromatic N) is 2. The van der Waals surface area contributed by atoms with E-state index >= 15 is 0 Å². The first kappa shape index (κ1) is 51.6. The van der Waals surface area contributed by atoms with Crippen molar-refractivity contribution in [3.05, 3.63) is 312 Å². The Morgan fingerprint density at radius 2 is 0.690 bits per heavy atom. The van der Waals surface area contributed by atoms with Gasteiger partial charge >= 0.3 is 0 Å². The van der Waals surface area contributed by atoms with Crippen molar-refractivity contribution in [1.82, 2.24) is 4.57 Å². The second-order valence-corrected chi connectivity index (χ2v) is 25.1. The van der Waals surface area contributed by atoms with Gasteiger partial charge in [-0.15, -0.1) is 0 Å². The molecule has 0 bridgehead atoms. The molecule has 2 nitrogen and oxygen atoms in total. The van der Waals surface area contributed by atoms with Gasteiger partial charge < -0.3 is 9.47 Å². The second kappa shape index (κ2) is 21.3. The van der Waals surface area contributed by atoms with Crippen LogP contribution in [0.4, 0.5) is 17.1 Å². The molecule has 1 spiro atoms. The molecule has 0 amide bonds. The van der Waals surface area contributed by atoms with Crippen molar-refractivity contribution in [3.63, 3.8) is 0 Å². The SMILES string of the molecule is c1ccc(-c2ccc(-c3ccccc3)c(N(c3ccc(-c4ccc(-c5ccc(-n6c7ccc(C8CCCCC8)cc7c7cc(C8CCCCC8)ccc76)cc5)cc4)cc3)c3ccc4c(c3)C3(c5ccccc5-c5ccccc53)c3ccccc3-4)c2)cc1. The second-order valence-electron chi connectivity index (χ2n) is 25.1. The first-order valence-corrected chi connectivity index (χ1v) is 32.0. The monoisotopic (exact) mass is 1120 g/mol. The zero-order chi connectivity index (χ0) is 57.4. The van der Waals surface area contributed by atoms with Crippen molar-refractivity contribution in [2.24, 2.45) is 0 Å². The molecule has 17 rings (SSSR count). The summed E-state index contributed by atoms with van der Waals surface area (Å²) in [7, 11) is 0. The predicted molar refractivity (Wildman–Crippen MR) is 365 cm³/mol. The first-order valence-electron chi connectivity index (χ1n) is 32.0. The van der Waals surface area contributed by atoms with E-state index in [1.807, 2.05) is 0 Å². The average molecular weight is 1120 g/mol. The highest BCUT2D eigenvalue weighted by molar-refractivity contribution is 6.10. The molecule has 12 aromatic carbocycles. The van der Waals surface area contributed by atoms with Gasteiger partial charge in [-0.2, -0.15) is 0 Å². The van der Waals surface area contributed by atoms with E-state index in [1.54, 1.807) is 0 Å². The number of rotatable bonds is 10. The molecule has 1 aromatic heterocycles. The average Bonchev–Trinajstić information content (AvgIpc) is 1.52. The lowest BCUT2D eigenvalue weighted by Crippen LogP contribution is -2.26. The molecule has 0 saturated heterocycles. The van der Waals surface area contributed by atoms with Gasteiger partial charge in [0.2, 0.25) is 0 Å². The van der Waals surface area contributed by atoms with Crippen molar-refractivity contribution in [1.29, 1.82) is 0 Å². The van der Waals surface area contributed by atoms with Gasteiger partial charge in [0.1, 0.15) is 0 Å². The Hall–Kier alpha value is -9.76. The molecule has 2 fully saturated rings. The minimum absolute atomic E-state index is 0.476. The lowest BCUT2D eigenvalue weighted by Gasteiger charge is -2.33. The van der Waals surface area contributed by atoms with E-state index in [2.05, 4.69) is 289 Å². The van der Waals surface area contributed by atoms with Crippen molar-refractivity contribution in [3.8, 4) is 72.4 Å². The molecular weight excluding hydrogens is 1050 g/mol. The molecule has 1 heterocycles. The van der Waals surface area contributed by atoms with Crippen LogP contribution in [0.3, 0.4) is 0 Å². The third-order valence-corrected chi connectivity index (χ3v) is 20.4. The van der Waals surface area contributed by atoms with Gasteiger partial charge in [0.25, 0.3) is 0 Å². The molecule has 2 saturated carbocycles. The maximum absolute atomic E-state index is 2.57. The van der Waals surface area contributed by atoms with Crippen LogP contribution in [0.25, 0.3) is 94.3 Å². The third kappa shape index (κ3) is 8.58. The van der Waals surface area contributed by atoms with E-state index in [0.717, 1.165) is 17.1 Å². The smallest absolute Gasteiger partial charge is 0.0726 e. The lowest BCUT2D eigenvalue weighted by atomic mass is 9.70. The summed E-state index contributed by atoms with van der Waals surface area (Å²) in [4.78, 5) is 2.51. The largest absolute Gasteiger partial charge is 0.310 e. The Kier molecular flexibility index (Phi) is 12.7. The summed E-state index contributed by atoms with van der Waals surface area (Å²) in [6, 6.07) is 106. The highest BCUT2D eigenvalue weighted by Crippen LogP contribution is 2.63. The Balaban J connectivity index is 0.742. The van der Waals surface area contributed by atoms with Gasteiger partial charge in [0, 0.05) is 33.4 Å². The molecule has 0 aliphatic heterocycles. The zero-order valence-corrected chi connectivity index (χ0v) is 49.2. The van der Waals surface area contributed by atoms with Crippen LogP contribution < -0.4 is 4.90 Å². The number of fused-ring (bicyclic) bond motifs is 13. The first-order chi connectivity index (χ1) is 43.1. The van der Waals surface area contributed by atoms with E-state index in [0.29, 0.717) is 11.8 Å². The molecular formula is C85H68N2. The van der Waals surface area contributed by atoms with E-state index in [4.69, 9.17) is 0 Å². The molecule has 87 heavy (non-hydrogen) atoms. The topological polar surface area (TPSA) is 8.17 Å². The minimum Gasteiger partial charge on any atom is -0.310 e. The van der Waals surface area contributed by atoms with Crippen molar-refractivity contribution in [2.45, 2.75) is 81.5 Å². The maximum atomic E-state index is 2.57. The standard InChI is InChI=1S/C85H68N2/c1-5-19-57(20-6-1)65-42-51-82-76(53-65)77-54-66(58-21-7-2-8-22-58)43-52-83(77)87(82)69-46-39-63(40-47-69)61-35-33-60(34-36-61)62-37-44-68(45-38-62)86(84-55-67(59-23-9-3-10-24-59)41-49-71(84)64-25-11-4-12-26-64)70-48-50-75-74-29-15-18-32-80(74)85(81(75)56-70)78-30-16-13-27-72(78)73-28-14-17-31-79(73)85/h3-4,9-18,23-58H,1-2,5-8,19-22H2. The van der Waals surface area contributed by atoms with Crippen LogP contribution in [0.1, 0.15) is 109 Å². The van der Waals surface area contributed by atoms with Crippen molar-refractivity contribution >= 4 is 38.9 Å². The highest BCUT2D eigenvalue weighted by atomic mass is 15.1. The summed E-state index contributed by atoms with van der Waals surface area (Å²) in [5.41, 5.74) is 29.7. The van der Waals surface area contributed by atoms with Crippen LogP contribution >= 0.6 is 0 Å². The number of hydrogen-bond acceptors (Lipinski definition) is 1. The molecule has 4 aliphatic rings. The van der Waals surface area contributed by atoms with Crippen molar-refractivity contribution in [2.75, 3.05) is 4.90 Å². The number of anilines is 3. The van der Waals surface area contributed by atoms with Gasteiger partial charge in [0.15, 0.2) is 0 Å². The van der Waals surface area contributed by atoms with Gasteiger partial charge in [-0.25, -0.2) is 0 Å². The highest BCUT2D eigenvalue weighted by Gasteiger charge is 2.51. The van der Waals surface area contributed by atoms with Crippen LogP contribution in [0.15, 0.2) is 279 Å². The minimum atomic E-state index is -0.476. The molecule has 0 N–H and O–H groups in total. The summed E-state index contributed by atoms with van der Waals surface area (Å²) < 4.78 is 2.52. The third-order valence-electron chi connectivity index (χ3n) is 20.4. The van der Waals surface area contributed by atoms with Crippen LogP contribution in [-0.2, 0) is 5.41 Å². The van der Waals surface area contributed by atoms with Crippen LogP contribution in [0.2, 0.25) is 0 Å². The Morgan fingerprint density at radius 1 is 0.287 bits per heavy atom. The zero-order valence-electron chi connectivity index (χ0n) is 49.2. The van der Waals surface area contributed by atoms with E-state index in [9.17, 15) is 0 Å². The summed E-state index contributed by atoms with van der Waals surface area (Å²) >= 11 is 0. The van der Waals surface area contributed by atoms with Crippen LogP contribution in [0, 0.1) is 0 Å². The summed E-state index contributed by atoms with van der Waals surface area (Å²) in [5.74, 6) is 1.34. The lowest BCUT2D eigenvalue weighted by molar-refractivity contribution is 0.444. The van der Waals surface area contributed by atoms with Crippen molar-refractivity contribution < 1.29 is 0 Å². The number of aromatic nitrogens is 1. The Labute approximate surface area is 511 Å². The fourth-order valence-electron chi connectivity index (χ4n) is 16.2. The normalized spacial score (nSPS) is 15.1. The van der Waals surface area contributed by atoms with E-state index in [-0.39, 0.29) is 0 Å². The molecule has 4 aliphatic carbocycles. The molecule has 13 aromatic rings. The Morgan fingerprint density at radius 3 is 1.21 bits per heavy atom. The summed E-state index contributed by atoms with van der Waals surface area (Å²) in [5, 5.41) is 2.82. The fourth-order valence-corrected chi connectivity index (χ4v) is 16.2. The van der Waals surface area contributed by atoms with Gasteiger partial charge in [-0.1, -0.05) is 251 Å². The van der Waals surface area contributed by atoms with Crippen LogP contribution in [-0.4, -0.2) is 4.57 Å². The molecule has 418 valence electrons. The molecule has 0 atom stereocenters. The molecule has 0 unspecified atom stereocenters. The van der Waals surface area contributed by atoms with Gasteiger partial charge in [-0.05, 0) is 199 Å². The fraction of sp³-hybridized carbons (Fsp3) is 0.153. The number of benzene rings is 12. The number of hydrogen-bond donors (Lipinski definition) is 0. The molecule has 0 radical (unpaired) electrons. The maximum Gasteiger partial charge on any atom is 0.0726 e. The van der Waals surface area contributed by atoms with Gasteiger partial charge in [0.05, 0.1) is 22.1 Å². The predicted octanol–water partition coefficient (Wildman–Crippen LogP) is 23.4. The summed E-state index contributed by atoms with van der Waals surface area (Å²) in [6.07, 6.45) is 13.4. The summed E-state index contributed by atoms with van der Waals surface area (Å²) in [6.45, 7) is 0.